The zero-order valence-electron chi connectivity index (χ0n) is 12.9. The van der Waals surface area contributed by atoms with Gasteiger partial charge in [-0.1, -0.05) is 56.3 Å². The van der Waals surface area contributed by atoms with Crippen molar-refractivity contribution < 1.29 is 9.53 Å². The number of carbonyl (C=O) groups is 1. The smallest absolute Gasteiger partial charge is 0.338 e. The first-order chi connectivity index (χ1) is 10.1. The number of aryl methyl sites for hydroxylation is 1. The van der Waals surface area contributed by atoms with Crippen molar-refractivity contribution in [3.8, 4) is 0 Å². The normalized spacial score (nSPS) is 13.5. The summed E-state index contributed by atoms with van der Waals surface area (Å²) in [7, 11) is 0. The zero-order valence-corrected chi connectivity index (χ0v) is 12.9. The highest BCUT2D eigenvalue weighted by atomic mass is 16.5. The van der Waals surface area contributed by atoms with Crippen molar-refractivity contribution in [2.75, 3.05) is 0 Å². The minimum atomic E-state index is -0.247. The SMILES string of the molecule is CCC(OC(=O)c1ccccc1)C(C)c1ccccc1C. The van der Waals surface area contributed by atoms with Crippen LogP contribution >= 0.6 is 0 Å². The summed E-state index contributed by atoms with van der Waals surface area (Å²) in [5.74, 6) is -0.0632. The van der Waals surface area contributed by atoms with E-state index in [2.05, 4.69) is 32.9 Å². The van der Waals surface area contributed by atoms with Gasteiger partial charge in [-0.05, 0) is 36.6 Å². The lowest BCUT2D eigenvalue weighted by atomic mass is 9.90. The molecule has 2 unspecified atom stereocenters. The van der Waals surface area contributed by atoms with Crippen LogP contribution in [0.25, 0.3) is 0 Å². The Morgan fingerprint density at radius 1 is 1.05 bits per heavy atom. The van der Waals surface area contributed by atoms with Gasteiger partial charge in [0.25, 0.3) is 0 Å². The molecule has 0 radical (unpaired) electrons. The predicted molar refractivity (Wildman–Crippen MR) is 85.5 cm³/mol. The standard InChI is InChI=1S/C19H22O2/c1-4-18(15(3)17-13-9-8-10-14(17)2)21-19(20)16-11-6-5-7-12-16/h5-13,15,18H,4H2,1-3H3. The van der Waals surface area contributed by atoms with Gasteiger partial charge >= 0.3 is 5.97 Å². The Balaban J connectivity index is 2.13. The van der Waals surface area contributed by atoms with Crippen molar-refractivity contribution in [2.24, 2.45) is 0 Å². The molecule has 0 bridgehead atoms. The molecule has 110 valence electrons. The molecule has 2 heteroatoms. The van der Waals surface area contributed by atoms with Crippen LogP contribution in [0.1, 0.15) is 47.7 Å². The van der Waals surface area contributed by atoms with Crippen LogP contribution in [0.2, 0.25) is 0 Å². The number of rotatable bonds is 5. The Kier molecular flexibility index (Phi) is 5.15. The van der Waals surface area contributed by atoms with Gasteiger partial charge < -0.3 is 4.74 Å². The topological polar surface area (TPSA) is 26.3 Å². The minimum absolute atomic E-state index is 0.112. The van der Waals surface area contributed by atoms with Gasteiger partial charge in [0.2, 0.25) is 0 Å². The summed E-state index contributed by atoms with van der Waals surface area (Å²) in [6.45, 7) is 6.27. The van der Waals surface area contributed by atoms with Crippen LogP contribution in [0.4, 0.5) is 0 Å². The van der Waals surface area contributed by atoms with Gasteiger partial charge in [0.05, 0.1) is 5.56 Å². The predicted octanol–water partition coefficient (Wildman–Crippen LogP) is 4.73. The number of esters is 1. The largest absolute Gasteiger partial charge is 0.458 e. The summed E-state index contributed by atoms with van der Waals surface area (Å²) in [5.41, 5.74) is 3.08. The van der Waals surface area contributed by atoms with E-state index < -0.39 is 0 Å². The van der Waals surface area contributed by atoms with Crippen LogP contribution in [0.3, 0.4) is 0 Å². The van der Waals surface area contributed by atoms with Gasteiger partial charge in [0.1, 0.15) is 6.10 Å². The van der Waals surface area contributed by atoms with Crippen molar-refractivity contribution in [1.29, 1.82) is 0 Å². The number of carbonyl (C=O) groups excluding carboxylic acids is 1. The molecule has 2 aromatic rings. The van der Waals surface area contributed by atoms with Gasteiger partial charge in [-0.15, -0.1) is 0 Å². The molecule has 0 aliphatic carbocycles. The monoisotopic (exact) mass is 282 g/mol. The second kappa shape index (κ2) is 7.07. The van der Waals surface area contributed by atoms with Crippen molar-refractivity contribution in [3.05, 3.63) is 71.3 Å². The summed E-state index contributed by atoms with van der Waals surface area (Å²) in [6, 6.07) is 17.4. The summed E-state index contributed by atoms with van der Waals surface area (Å²) in [6.07, 6.45) is 0.687. The first-order valence-electron chi connectivity index (χ1n) is 7.45. The molecular weight excluding hydrogens is 260 g/mol. The average Bonchev–Trinajstić information content (AvgIpc) is 2.53. The number of ether oxygens (including phenoxy) is 1. The van der Waals surface area contributed by atoms with E-state index in [1.54, 1.807) is 12.1 Å². The van der Waals surface area contributed by atoms with Crippen LogP contribution in [0.15, 0.2) is 54.6 Å². The molecule has 0 N–H and O–H groups in total. The van der Waals surface area contributed by atoms with Crippen molar-refractivity contribution in [3.63, 3.8) is 0 Å². The molecule has 0 aliphatic heterocycles. The van der Waals surface area contributed by atoms with E-state index in [0.717, 1.165) is 6.42 Å². The van der Waals surface area contributed by atoms with Crippen molar-refractivity contribution in [1.82, 2.24) is 0 Å². The average molecular weight is 282 g/mol. The van der Waals surface area contributed by atoms with E-state index in [1.165, 1.54) is 11.1 Å². The molecule has 21 heavy (non-hydrogen) atoms. The summed E-state index contributed by atoms with van der Waals surface area (Å²) < 4.78 is 5.72. The molecule has 2 nitrogen and oxygen atoms in total. The van der Waals surface area contributed by atoms with Gasteiger partial charge in [0, 0.05) is 5.92 Å². The lowest BCUT2D eigenvalue weighted by Crippen LogP contribution is -2.24. The van der Waals surface area contributed by atoms with Crippen LogP contribution in [0.5, 0.6) is 0 Å². The van der Waals surface area contributed by atoms with Gasteiger partial charge in [-0.3, -0.25) is 0 Å². The highest BCUT2D eigenvalue weighted by molar-refractivity contribution is 5.89. The molecule has 0 aliphatic rings. The fraction of sp³-hybridized carbons (Fsp3) is 0.316. The van der Waals surface area contributed by atoms with Crippen LogP contribution < -0.4 is 0 Å². The van der Waals surface area contributed by atoms with Crippen LogP contribution in [-0.2, 0) is 4.74 Å². The third-order valence-corrected chi connectivity index (χ3v) is 3.91. The van der Waals surface area contributed by atoms with E-state index in [4.69, 9.17) is 4.74 Å². The summed E-state index contributed by atoms with van der Waals surface area (Å²) in [5, 5.41) is 0. The molecular formula is C19H22O2. The Morgan fingerprint density at radius 2 is 1.67 bits per heavy atom. The molecule has 2 aromatic carbocycles. The first-order valence-corrected chi connectivity index (χ1v) is 7.45. The molecule has 0 saturated carbocycles. The molecule has 0 fully saturated rings. The summed E-state index contributed by atoms with van der Waals surface area (Å²) in [4.78, 5) is 12.2. The Morgan fingerprint density at radius 3 is 2.29 bits per heavy atom. The van der Waals surface area contributed by atoms with Crippen LogP contribution in [0, 0.1) is 6.92 Å². The fourth-order valence-corrected chi connectivity index (χ4v) is 2.62. The maximum absolute atomic E-state index is 12.2. The summed E-state index contributed by atoms with van der Waals surface area (Å²) >= 11 is 0. The van der Waals surface area contributed by atoms with Gasteiger partial charge in [-0.25, -0.2) is 4.79 Å². The van der Waals surface area contributed by atoms with E-state index in [0.29, 0.717) is 5.56 Å². The number of hydrogen-bond donors (Lipinski definition) is 0. The van der Waals surface area contributed by atoms with Gasteiger partial charge in [0.15, 0.2) is 0 Å². The zero-order chi connectivity index (χ0) is 15.2. The molecule has 2 atom stereocenters. The highest BCUT2D eigenvalue weighted by Crippen LogP contribution is 2.27. The molecule has 0 saturated heterocycles. The molecule has 0 aromatic heterocycles. The Labute approximate surface area is 126 Å². The van der Waals surface area contributed by atoms with Crippen molar-refractivity contribution >= 4 is 5.97 Å². The van der Waals surface area contributed by atoms with E-state index in [-0.39, 0.29) is 18.0 Å². The second-order valence-corrected chi connectivity index (χ2v) is 5.36. The van der Waals surface area contributed by atoms with E-state index in [9.17, 15) is 4.79 Å². The quantitative estimate of drug-likeness (QED) is 0.741. The maximum atomic E-state index is 12.2. The minimum Gasteiger partial charge on any atom is -0.458 e. The fourth-order valence-electron chi connectivity index (χ4n) is 2.62. The maximum Gasteiger partial charge on any atom is 0.338 e. The molecule has 0 spiro atoms. The highest BCUT2D eigenvalue weighted by Gasteiger charge is 2.23. The lowest BCUT2D eigenvalue weighted by Gasteiger charge is -2.24. The molecule has 0 amide bonds. The lowest BCUT2D eigenvalue weighted by molar-refractivity contribution is 0.0236. The van der Waals surface area contributed by atoms with E-state index >= 15 is 0 Å². The third-order valence-electron chi connectivity index (χ3n) is 3.91. The Hall–Kier alpha value is -2.09. The van der Waals surface area contributed by atoms with E-state index in [1.807, 2.05) is 30.3 Å². The van der Waals surface area contributed by atoms with Crippen LogP contribution in [-0.4, -0.2) is 12.1 Å². The van der Waals surface area contributed by atoms with Crippen molar-refractivity contribution in [2.45, 2.75) is 39.2 Å². The molecule has 0 heterocycles. The van der Waals surface area contributed by atoms with Gasteiger partial charge in [-0.2, -0.15) is 0 Å². The first kappa shape index (κ1) is 15.3. The Bertz CT molecular complexity index is 590. The third kappa shape index (κ3) is 3.72. The number of benzene rings is 2. The second-order valence-electron chi connectivity index (χ2n) is 5.36. The number of hydrogen-bond acceptors (Lipinski definition) is 2. The molecule has 2 rings (SSSR count).